The number of anilines is 1. The summed E-state index contributed by atoms with van der Waals surface area (Å²) in [5.41, 5.74) is 9.26. The van der Waals surface area contributed by atoms with Crippen LogP contribution in [0, 0.1) is 5.92 Å². The van der Waals surface area contributed by atoms with Gasteiger partial charge in [0.2, 0.25) is 0 Å². The lowest BCUT2D eigenvalue weighted by Gasteiger charge is -2.45. The van der Waals surface area contributed by atoms with Crippen LogP contribution in [0.15, 0.2) is 36.5 Å². The van der Waals surface area contributed by atoms with Gasteiger partial charge in [-0.1, -0.05) is 24.3 Å². The Bertz CT molecular complexity index is 1080. The van der Waals surface area contributed by atoms with E-state index in [9.17, 15) is 18.7 Å². The summed E-state index contributed by atoms with van der Waals surface area (Å²) >= 11 is 0. The molecule has 1 aromatic heterocycles. The maximum atomic E-state index is 13.6. The number of halogens is 2. The van der Waals surface area contributed by atoms with Crippen molar-refractivity contribution in [3.63, 3.8) is 0 Å². The largest absolute Gasteiger partial charge is 0.393 e. The van der Waals surface area contributed by atoms with Crippen LogP contribution < -0.4 is 11.1 Å². The Morgan fingerprint density at radius 2 is 1.91 bits per heavy atom. The first-order valence-corrected chi connectivity index (χ1v) is 12.6. The van der Waals surface area contributed by atoms with Gasteiger partial charge in [-0.25, -0.2) is 13.8 Å². The molecule has 2 saturated carbocycles. The second-order valence-electron chi connectivity index (χ2n) is 10.8. The Morgan fingerprint density at radius 3 is 2.54 bits per heavy atom. The minimum atomic E-state index is -2.68. The van der Waals surface area contributed by atoms with Crippen molar-refractivity contribution >= 4 is 11.7 Å². The van der Waals surface area contributed by atoms with Gasteiger partial charge in [0.25, 0.3) is 11.8 Å². The van der Waals surface area contributed by atoms with E-state index in [0.717, 1.165) is 50.3 Å². The van der Waals surface area contributed by atoms with E-state index in [0.29, 0.717) is 30.9 Å². The van der Waals surface area contributed by atoms with Crippen LogP contribution in [0.1, 0.15) is 61.4 Å². The van der Waals surface area contributed by atoms with Crippen LogP contribution in [0.25, 0.3) is 11.1 Å². The van der Waals surface area contributed by atoms with Crippen LogP contribution in [-0.4, -0.2) is 58.6 Å². The second kappa shape index (κ2) is 9.13. The Morgan fingerprint density at radius 1 is 1.20 bits per heavy atom. The quantitative estimate of drug-likeness (QED) is 0.577. The van der Waals surface area contributed by atoms with Crippen molar-refractivity contribution in [3.8, 4) is 11.1 Å². The highest BCUT2D eigenvalue weighted by Crippen LogP contribution is 2.54. The summed E-state index contributed by atoms with van der Waals surface area (Å²) in [4.78, 5) is 19.1. The van der Waals surface area contributed by atoms with Gasteiger partial charge in [-0.05, 0) is 61.6 Å². The standard InChI is InChI=1S/C27H34F2N4O2/c1-26(28,29)15-33-14-20-10-11-27(20,16-33)19-4-2-17(3-5-19)18-12-23(24(30)31-13-18)25(35)32-21-6-8-22(34)9-7-21/h2-5,12-13,20-22,34H,6-11,14-16H2,1H3,(H2,30,31)(H,32,35)/t20-,21?,22?,27+/m1/s1. The summed E-state index contributed by atoms with van der Waals surface area (Å²) in [7, 11) is 0. The van der Waals surface area contributed by atoms with Crippen molar-refractivity contribution in [3.05, 3.63) is 47.7 Å². The SMILES string of the molecule is CC(F)(F)CN1C[C@H]2CC[C@@]2(c2ccc(-c3cnc(N)c(C(=O)NC4CCC(O)CC4)c3)cc2)C1. The average Bonchev–Trinajstić information content (AvgIpc) is 3.04. The fraction of sp³-hybridized carbons (Fsp3) is 0.556. The van der Waals surface area contributed by atoms with Crippen LogP contribution >= 0.6 is 0 Å². The lowest BCUT2D eigenvalue weighted by atomic mass is 9.58. The number of rotatable bonds is 6. The number of aliphatic hydroxyl groups excluding tert-OH is 1. The fourth-order valence-corrected chi connectivity index (χ4v) is 6.22. The fourth-order valence-electron chi connectivity index (χ4n) is 6.22. The van der Waals surface area contributed by atoms with Crippen molar-refractivity contribution in [1.82, 2.24) is 15.2 Å². The van der Waals surface area contributed by atoms with E-state index in [-0.39, 0.29) is 35.8 Å². The molecule has 6 nitrogen and oxygen atoms in total. The number of amides is 1. The topological polar surface area (TPSA) is 91.5 Å². The maximum absolute atomic E-state index is 13.6. The summed E-state index contributed by atoms with van der Waals surface area (Å²) in [5, 5.41) is 12.7. The van der Waals surface area contributed by atoms with E-state index >= 15 is 0 Å². The highest BCUT2D eigenvalue weighted by molar-refractivity contribution is 5.99. The molecule has 1 aliphatic heterocycles. The minimum Gasteiger partial charge on any atom is -0.393 e. The molecule has 0 radical (unpaired) electrons. The molecule has 188 valence electrons. The summed E-state index contributed by atoms with van der Waals surface area (Å²) in [5.74, 6) is -2.32. The molecule has 4 N–H and O–H groups in total. The van der Waals surface area contributed by atoms with Gasteiger partial charge < -0.3 is 16.2 Å². The third kappa shape index (κ3) is 4.91. The number of benzene rings is 1. The summed E-state index contributed by atoms with van der Waals surface area (Å²) in [6.07, 6.45) is 6.36. The van der Waals surface area contributed by atoms with E-state index < -0.39 is 5.92 Å². The van der Waals surface area contributed by atoms with Gasteiger partial charge in [-0.2, -0.15) is 0 Å². The first kappa shape index (κ1) is 24.1. The second-order valence-corrected chi connectivity index (χ2v) is 10.8. The molecule has 0 unspecified atom stereocenters. The van der Waals surface area contributed by atoms with Crippen molar-refractivity contribution < 1.29 is 18.7 Å². The first-order chi connectivity index (χ1) is 16.6. The van der Waals surface area contributed by atoms with Crippen molar-refractivity contribution in [2.75, 3.05) is 25.4 Å². The molecule has 2 heterocycles. The molecule has 3 aliphatic rings. The molecular weight excluding hydrogens is 450 g/mol. The van der Waals surface area contributed by atoms with E-state index in [2.05, 4.69) is 22.4 Å². The molecule has 1 saturated heterocycles. The Labute approximate surface area is 204 Å². The number of alkyl halides is 2. The van der Waals surface area contributed by atoms with E-state index in [1.807, 2.05) is 17.0 Å². The van der Waals surface area contributed by atoms with Gasteiger partial charge in [0.05, 0.1) is 18.2 Å². The normalized spacial score (nSPS) is 28.9. The first-order valence-electron chi connectivity index (χ1n) is 12.6. The number of aliphatic hydroxyl groups is 1. The van der Waals surface area contributed by atoms with Crippen molar-refractivity contribution in [1.29, 1.82) is 0 Å². The van der Waals surface area contributed by atoms with E-state index in [1.165, 1.54) is 5.56 Å². The van der Waals surface area contributed by atoms with E-state index in [4.69, 9.17) is 5.73 Å². The number of carbonyl (C=O) groups excluding carboxylic acids is 1. The summed E-state index contributed by atoms with van der Waals surface area (Å²) in [6.45, 7) is 2.20. The molecule has 5 rings (SSSR count). The van der Waals surface area contributed by atoms with Crippen molar-refractivity contribution in [2.24, 2.45) is 5.92 Å². The van der Waals surface area contributed by atoms with Gasteiger partial charge in [-0.15, -0.1) is 0 Å². The van der Waals surface area contributed by atoms with Crippen molar-refractivity contribution in [2.45, 2.75) is 68.9 Å². The molecule has 1 amide bonds. The lowest BCUT2D eigenvalue weighted by molar-refractivity contribution is -0.00972. The Kier molecular flexibility index (Phi) is 6.30. The van der Waals surface area contributed by atoms with Gasteiger partial charge >= 0.3 is 0 Å². The van der Waals surface area contributed by atoms with Crippen LogP contribution in [0.3, 0.4) is 0 Å². The molecule has 2 aliphatic carbocycles. The number of hydrogen-bond donors (Lipinski definition) is 3. The van der Waals surface area contributed by atoms with Gasteiger partial charge in [0.1, 0.15) is 5.82 Å². The number of nitrogen functional groups attached to an aromatic ring is 1. The number of carbonyl (C=O) groups is 1. The predicted octanol–water partition coefficient (Wildman–Crippen LogP) is 3.98. The van der Waals surface area contributed by atoms with Crippen LogP contribution in [0.2, 0.25) is 0 Å². The number of nitrogens with zero attached hydrogens (tertiary/aromatic N) is 2. The number of hydrogen-bond acceptors (Lipinski definition) is 5. The summed E-state index contributed by atoms with van der Waals surface area (Å²) < 4.78 is 27.2. The average molecular weight is 485 g/mol. The molecule has 0 spiro atoms. The number of nitrogens with one attached hydrogen (secondary N) is 1. The van der Waals surface area contributed by atoms with Gasteiger partial charge in [0.15, 0.2) is 0 Å². The molecule has 2 aromatic rings. The molecule has 2 atom stereocenters. The smallest absolute Gasteiger partial charge is 0.257 e. The van der Waals surface area contributed by atoms with Gasteiger partial charge in [-0.3, -0.25) is 9.69 Å². The number of aromatic nitrogens is 1. The van der Waals surface area contributed by atoms with E-state index in [1.54, 1.807) is 12.3 Å². The highest BCUT2D eigenvalue weighted by Gasteiger charge is 2.54. The molecule has 8 heteroatoms. The molecule has 3 fully saturated rings. The third-order valence-electron chi connectivity index (χ3n) is 8.19. The molecule has 35 heavy (non-hydrogen) atoms. The number of nitrogens with two attached hydrogens (primary N) is 1. The zero-order valence-electron chi connectivity index (χ0n) is 20.1. The lowest BCUT2D eigenvalue weighted by Crippen LogP contribution is -2.44. The minimum absolute atomic E-state index is 0.0292. The monoisotopic (exact) mass is 484 g/mol. The predicted molar refractivity (Wildman–Crippen MR) is 131 cm³/mol. The van der Waals surface area contributed by atoms with Crippen LogP contribution in [0.4, 0.5) is 14.6 Å². The number of likely N-dealkylation sites (tertiary alicyclic amines) is 1. The Hall–Kier alpha value is -2.58. The summed E-state index contributed by atoms with van der Waals surface area (Å²) in [6, 6.07) is 10.0. The number of fused-ring (bicyclic) bond motifs is 1. The molecule has 0 bridgehead atoms. The molecule has 1 aromatic carbocycles. The number of pyridine rings is 1. The highest BCUT2D eigenvalue weighted by atomic mass is 19.3. The van der Waals surface area contributed by atoms with Crippen LogP contribution in [0.5, 0.6) is 0 Å². The van der Waals surface area contributed by atoms with Gasteiger partial charge in [0, 0.05) is 43.2 Å². The van der Waals surface area contributed by atoms with Crippen LogP contribution in [-0.2, 0) is 5.41 Å². The maximum Gasteiger partial charge on any atom is 0.257 e. The zero-order chi connectivity index (χ0) is 24.8. The Balaban J connectivity index is 1.30. The molecular formula is C27H34F2N4O2. The zero-order valence-corrected chi connectivity index (χ0v) is 20.1. The third-order valence-corrected chi connectivity index (χ3v) is 8.19.